The van der Waals surface area contributed by atoms with Crippen molar-refractivity contribution >= 4 is 28.0 Å². The van der Waals surface area contributed by atoms with Crippen LogP contribution in [0.15, 0.2) is 24.5 Å². The van der Waals surface area contributed by atoms with E-state index in [1.807, 2.05) is 6.07 Å². The summed E-state index contributed by atoms with van der Waals surface area (Å²) in [7, 11) is 0. The molecule has 186 valence electrons. The van der Waals surface area contributed by atoms with E-state index >= 15 is 0 Å². The lowest BCUT2D eigenvalue weighted by Crippen LogP contribution is -2.44. The number of pyridine rings is 1. The predicted molar refractivity (Wildman–Crippen MR) is 116 cm³/mol. The summed E-state index contributed by atoms with van der Waals surface area (Å²) in [6.07, 6.45) is -3.76. The van der Waals surface area contributed by atoms with Crippen LogP contribution in [-0.2, 0) is 4.79 Å². The third kappa shape index (κ3) is 5.73. The minimum absolute atomic E-state index is 0.0281. The highest BCUT2D eigenvalue weighted by Gasteiger charge is 2.39. The van der Waals surface area contributed by atoms with Crippen LogP contribution in [0.3, 0.4) is 0 Å². The summed E-state index contributed by atoms with van der Waals surface area (Å²) in [5, 5.41) is 19.5. The Morgan fingerprint density at radius 1 is 1.31 bits per heavy atom. The number of rotatable bonds is 6. The first-order valence-corrected chi connectivity index (χ1v) is 11.5. The summed E-state index contributed by atoms with van der Waals surface area (Å²) < 4.78 is 68.4. The van der Waals surface area contributed by atoms with Gasteiger partial charge in [0.2, 0.25) is 11.8 Å². The zero-order valence-corrected chi connectivity index (χ0v) is 18.9. The number of hydrogen-bond acceptors (Lipinski definition) is 7. The molecule has 14 heteroatoms. The maximum absolute atomic E-state index is 13.4. The molecular weight excluding hydrogens is 493 g/mol. The minimum Gasteiger partial charge on any atom is -0.320 e. The molecule has 8 nitrogen and oxygen atoms in total. The van der Waals surface area contributed by atoms with Gasteiger partial charge in [-0.05, 0) is 30.9 Å². The fourth-order valence-electron chi connectivity index (χ4n) is 4.09. The van der Waals surface area contributed by atoms with Gasteiger partial charge in [-0.3, -0.25) is 9.20 Å². The van der Waals surface area contributed by atoms with Crippen molar-refractivity contribution in [1.82, 2.24) is 19.6 Å². The molecule has 0 aliphatic heterocycles. The number of aromatic nitrogens is 4. The van der Waals surface area contributed by atoms with Gasteiger partial charge in [0.05, 0.1) is 23.9 Å². The molecular formula is C21H20F5N7OS. The second-order valence-electron chi connectivity index (χ2n) is 8.46. The monoisotopic (exact) mass is 513 g/mol. The number of thiazole rings is 1. The van der Waals surface area contributed by atoms with Crippen molar-refractivity contribution in [3.8, 4) is 6.07 Å². The SMILES string of the molecule is N#Cc1ccc2nnc(C(CC(F)(F)F)c3cnc(NC(=O)[C@@H](N)C4CCC(F)(F)CC4)s3)n2c1. The zero-order valence-electron chi connectivity index (χ0n) is 18.1. The van der Waals surface area contributed by atoms with Gasteiger partial charge in [0.15, 0.2) is 10.8 Å². The third-order valence-electron chi connectivity index (χ3n) is 5.97. The number of hydrogen-bond donors (Lipinski definition) is 2. The van der Waals surface area contributed by atoms with Gasteiger partial charge in [-0.1, -0.05) is 0 Å². The van der Waals surface area contributed by atoms with Gasteiger partial charge >= 0.3 is 6.18 Å². The summed E-state index contributed by atoms with van der Waals surface area (Å²) in [5.41, 5.74) is 6.46. The summed E-state index contributed by atoms with van der Waals surface area (Å²) in [6.45, 7) is 0. The third-order valence-corrected chi connectivity index (χ3v) is 7.00. The van der Waals surface area contributed by atoms with Crippen molar-refractivity contribution in [3.05, 3.63) is 40.8 Å². The molecule has 1 fully saturated rings. The Bertz CT molecular complexity index is 1250. The first kappa shape index (κ1) is 24.9. The van der Waals surface area contributed by atoms with Crippen molar-refractivity contribution in [2.75, 3.05) is 5.32 Å². The minimum atomic E-state index is -4.55. The molecule has 3 aromatic rings. The predicted octanol–water partition coefficient (Wildman–Crippen LogP) is 4.23. The van der Waals surface area contributed by atoms with E-state index < -0.39 is 42.3 Å². The van der Waals surface area contributed by atoms with E-state index in [1.54, 1.807) is 0 Å². The summed E-state index contributed by atoms with van der Waals surface area (Å²) in [5.74, 6) is -5.15. The highest BCUT2D eigenvalue weighted by Crippen LogP contribution is 2.40. The maximum atomic E-state index is 13.4. The summed E-state index contributed by atoms with van der Waals surface area (Å²) in [4.78, 5) is 16.7. The van der Waals surface area contributed by atoms with Gasteiger partial charge in [0, 0.05) is 30.1 Å². The average molecular weight is 513 g/mol. The van der Waals surface area contributed by atoms with Crippen molar-refractivity contribution in [2.24, 2.45) is 11.7 Å². The molecule has 1 saturated carbocycles. The molecule has 3 heterocycles. The molecule has 1 unspecified atom stereocenters. The number of fused-ring (bicyclic) bond motifs is 1. The molecule has 1 aliphatic carbocycles. The van der Waals surface area contributed by atoms with Crippen molar-refractivity contribution < 1.29 is 26.7 Å². The molecule has 35 heavy (non-hydrogen) atoms. The largest absolute Gasteiger partial charge is 0.390 e. The molecule has 0 aromatic carbocycles. The first-order chi connectivity index (χ1) is 16.5. The van der Waals surface area contributed by atoms with E-state index in [4.69, 9.17) is 11.0 Å². The second-order valence-corrected chi connectivity index (χ2v) is 9.53. The molecule has 1 aliphatic rings. The second kappa shape index (κ2) is 9.46. The smallest absolute Gasteiger partial charge is 0.320 e. The lowest BCUT2D eigenvalue weighted by atomic mass is 9.82. The van der Waals surface area contributed by atoms with Crippen molar-refractivity contribution in [3.63, 3.8) is 0 Å². The molecule has 0 radical (unpaired) electrons. The number of nitrogens with zero attached hydrogens (tertiary/aromatic N) is 5. The molecule has 3 aromatic heterocycles. The average Bonchev–Trinajstić information content (AvgIpc) is 3.43. The number of nitrogens with two attached hydrogens (primary N) is 1. The van der Waals surface area contributed by atoms with Crippen LogP contribution in [0.2, 0.25) is 0 Å². The number of halogens is 5. The number of carbonyl (C=O) groups is 1. The van der Waals surface area contributed by atoms with Gasteiger partial charge < -0.3 is 11.1 Å². The quantitative estimate of drug-likeness (QED) is 0.476. The Morgan fingerprint density at radius 2 is 2.03 bits per heavy atom. The van der Waals surface area contributed by atoms with Crippen LogP contribution in [0.5, 0.6) is 0 Å². The fourth-order valence-corrected chi connectivity index (χ4v) is 5.01. The first-order valence-electron chi connectivity index (χ1n) is 10.7. The van der Waals surface area contributed by atoms with E-state index in [1.165, 1.54) is 28.9 Å². The van der Waals surface area contributed by atoms with Gasteiger partial charge in [-0.15, -0.1) is 21.5 Å². The van der Waals surface area contributed by atoms with Crippen LogP contribution in [-0.4, -0.2) is 43.6 Å². The number of anilines is 1. The number of nitriles is 1. The van der Waals surface area contributed by atoms with Gasteiger partial charge in [0.1, 0.15) is 11.9 Å². The molecule has 3 N–H and O–H groups in total. The highest BCUT2D eigenvalue weighted by molar-refractivity contribution is 7.15. The van der Waals surface area contributed by atoms with E-state index in [-0.39, 0.29) is 52.7 Å². The lowest BCUT2D eigenvalue weighted by molar-refractivity contribution is -0.137. The summed E-state index contributed by atoms with van der Waals surface area (Å²) in [6, 6.07) is 3.82. The number of carbonyl (C=O) groups excluding carboxylic acids is 1. The van der Waals surface area contributed by atoms with Crippen LogP contribution in [0, 0.1) is 17.2 Å². The van der Waals surface area contributed by atoms with Gasteiger partial charge in [-0.2, -0.15) is 18.4 Å². The Labute approximate surface area is 200 Å². The van der Waals surface area contributed by atoms with E-state index in [0.717, 1.165) is 11.3 Å². The van der Waals surface area contributed by atoms with Crippen LogP contribution >= 0.6 is 11.3 Å². The normalized spacial score (nSPS) is 18.2. The molecule has 2 atom stereocenters. The molecule has 0 saturated heterocycles. The molecule has 1 amide bonds. The summed E-state index contributed by atoms with van der Waals surface area (Å²) >= 11 is 0.826. The lowest BCUT2D eigenvalue weighted by Gasteiger charge is -2.31. The highest BCUT2D eigenvalue weighted by atomic mass is 32.1. The van der Waals surface area contributed by atoms with Crippen molar-refractivity contribution in [1.29, 1.82) is 5.26 Å². The van der Waals surface area contributed by atoms with Crippen LogP contribution in [0.1, 0.15) is 54.3 Å². The standard InChI is InChI=1S/C21H20F5N7OS/c22-20(23)5-3-12(4-6-20)16(28)18(34)30-19-29-9-14(35-19)13(7-21(24,25)26)17-32-31-15-2-1-11(8-27)10-33(15)17/h1-2,9-10,12-13,16H,3-7,28H2,(H,29,30,34)/t13?,16-/m0/s1. The Morgan fingerprint density at radius 3 is 2.69 bits per heavy atom. The zero-order chi connectivity index (χ0) is 25.4. The Hall–Kier alpha value is -3.18. The molecule has 0 spiro atoms. The van der Waals surface area contributed by atoms with E-state index in [0.29, 0.717) is 0 Å². The van der Waals surface area contributed by atoms with E-state index in [2.05, 4.69) is 20.5 Å². The number of amides is 1. The number of nitrogens with one attached hydrogen (secondary N) is 1. The van der Waals surface area contributed by atoms with Crippen molar-refractivity contribution in [2.45, 2.75) is 56.2 Å². The van der Waals surface area contributed by atoms with Gasteiger partial charge in [-0.25, -0.2) is 13.8 Å². The molecule has 0 bridgehead atoms. The van der Waals surface area contributed by atoms with Gasteiger partial charge in [0.25, 0.3) is 0 Å². The Kier molecular flexibility index (Phi) is 6.74. The van der Waals surface area contributed by atoms with Crippen LogP contribution in [0.25, 0.3) is 5.65 Å². The van der Waals surface area contributed by atoms with Crippen LogP contribution in [0.4, 0.5) is 27.1 Å². The Balaban J connectivity index is 1.55. The molecule has 4 rings (SSSR count). The maximum Gasteiger partial charge on any atom is 0.390 e. The number of alkyl halides is 5. The topological polar surface area (TPSA) is 122 Å². The van der Waals surface area contributed by atoms with E-state index in [9.17, 15) is 26.7 Å². The van der Waals surface area contributed by atoms with Crippen LogP contribution < -0.4 is 11.1 Å². The fraction of sp³-hybridized carbons (Fsp3) is 0.476.